The molecule has 5 nitrogen and oxygen atoms in total. The molecular formula is C15H26N2O3. The summed E-state index contributed by atoms with van der Waals surface area (Å²) in [7, 11) is 0. The van der Waals surface area contributed by atoms with Crippen LogP contribution in [0.4, 0.5) is 0 Å². The summed E-state index contributed by atoms with van der Waals surface area (Å²) in [6.45, 7) is 5.04. The van der Waals surface area contributed by atoms with Gasteiger partial charge < -0.3 is 4.90 Å². The van der Waals surface area contributed by atoms with Crippen molar-refractivity contribution >= 4 is 11.8 Å². The lowest BCUT2D eigenvalue weighted by Crippen LogP contribution is -2.40. The molecule has 2 N–H and O–H groups in total. The van der Waals surface area contributed by atoms with E-state index in [2.05, 4.69) is 13.8 Å². The number of hydrogen-bond donors (Lipinski definition) is 2. The molecule has 0 aromatic heterocycles. The third kappa shape index (κ3) is 3.32. The molecule has 1 spiro atoms. The molecule has 0 radical (unpaired) electrons. The molecule has 5 heteroatoms. The van der Waals surface area contributed by atoms with Crippen LogP contribution in [0.2, 0.25) is 0 Å². The molecule has 2 rings (SSSR count). The maximum atomic E-state index is 12.7. The number of carbonyl (C=O) groups is 2. The van der Waals surface area contributed by atoms with Crippen LogP contribution in [0.3, 0.4) is 0 Å². The van der Waals surface area contributed by atoms with Gasteiger partial charge in [-0.05, 0) is 38.0 Å². The van der Waals surface area contributed by atoms with Gasteiger partial charge in [0.1, 0.15) is 0 Å². The summed E-state index contributed by atoms with van der Waals surface area (Å²) < 4.78 is 0. The molecular weight excluding hydrogens is 256 g/mol. The van der Waals surface area contributed by atoms with E-state index in [1.807, 2.05) is 4.90 Å². The number of likely N-dealkylation sites (tertiary alicyclic amines) is 1. The Morgan fingerprint density at radius 3 is 2.65 bits per heavy atom. The van der Waals surface area contributed by atoms with Gasteiger partial charge >= 0.3 is 0 Å². The number of nitrogens with zero attached hydrogens (tertiary/aromatic N) is 1. The number of hydrogen-bond acceptors (Lipinski definition) is 3. The molecule has 0 aromatic rings. The number of unbranched alkanes of at least 4 members (excludes halogenated alkanes) is 1. The van der Waals surface area contributed by atoms with Gasteiger partial charge in [0.15, 0.2) is 0 Å². The van der Waals surface area contributed by atoms with E-state index in [0.29, 0.717) is 5.41 Å². The monoisotopic (exact) mass is 282 g/mol. The predicted octanol–water partition coefficient (Wildman–Crippen LogP) is 2.09. The Morgan fingerprint density at radius 2 is 2.15 bits per heavy atom. The molecule has 0 aromatic carbocycles. The van der Waals surface area contributed by atoms with Crippen molar-refractivity contribution in [3.8, 4) is 0 Å². The largest absolute Gasteiger partial charge is 0.339 e. The molecule has 20 heavy (non-hydrogen) atoms. The third-order valence-corrected chi connectivity index (χ3v) is 4.82. The lowest BCUT2D eigenvalue weighted by atomic mass is 9.96. The zero-order chi connectivity index (χ0) is 14.8. The minimum Gasteiger partial charge on any atom is -0.339 e. The fourth-order valence-electron chi connectivity index (χ4n) is 3.42. The molecule has 1 unspecified atom stereocenters. The van der Waals surface area contributed by atoms with E-state index in [4.69, 9.17) is 5.21 Å². The normalized spacial score (nSPS) is 24.8. The minimum absolute atomic E-state index is 0.0888. The van der Waals surface area contributed by atoms with Gasteiger partial charge in [-0.1, -0.05) is 19.8 Å². The highest BCUT2D eigenvalue weighted by atomic mass is 16.5. The first-order chi connectivity index (χ1) is 9.51. The van der Waals surface area contributed by atoms with Crippen molar-refractivity contribution < 1.29 is 14.8 Å². The molecule has 0 bridgehead atoms. The standard InChI is InChI=1S/C15H26N2O3/c1-3-4-5-12(8-13(18)16-20)14(19)17-10-15(6-7-15)9-11(17)2/h11-12,20H,3-10H2,1-2H3,(H,16,18)/t11?,12-/m1/s1. The lowest BCUT2D eigenvalue weighted by Gasteiger charge is -2.26. The summed E-state index contributed by atoms with van der Waals surface area (Å²) in [6, 6.07) is 0.284. The van der Waals surface area contributed by atoms with Gasteiger partial charge in [-0.15, -0.1) is 0 Å². The average Bonchev–Trinajstić information content (AvgIpc) is 3.10. The van der Waals surface area contributed by atoms with Crippen LogP contribution in [-0.2, 0) is 9.59 Å². The number of rotatable bonds is 6. The Balaban J connectivity index is 1.99. The molecule has 2 atom stereocenters. The Labute approximate surface area is 120 Å². The van der Waals surface area contributed by atoms with E-state index in [0.717, 1.165) is 32.2 Å². The highest BCUT2D eigenvalue weighted by molar-refractivity contribution is 5.85. The van der Waals surface area contributed by atoms with Crippen LogP contribution < -0.4 is 5.48 Å². The van der Waals surface area contributed by atoms with Gasteiger partial charge in [-0.2, -0.15) is 0 Å². The number of hydroxylamine groups is 1. The zero-order valence-electron chi connectivity index (χ0n) is 12.5. The van der Waals surface area contributed by atoms with E-state index in [9.17, 15) is 9.59 Å². The van der Waals surface area contributed by atoms with Gasteiger partial charge in [0.2, 0.25) is 11.8 Å². The first-order valence-electron chi connectivity index (χ1n) is 7.75. The SMILES string of the molecule is CCCC[C@H](CC(=O)NO)C(=O)N1CC2(CC2)CC1C. The van der Waals surface area contributed by atoms with Crippen LogP contribution in [0.25, 0.3) is 0 Å². The molecule has 2 amide bonds. The molecule has 114 valence electrons. The first kappa shape index (κ1) is 15.3. The Kier molecular flexibility index (Phi) is 4.68. The van der Waals surface area contributed by atoms with E-state index in [1.165, 1.54) is 12.8 Å². The Hall–Kier alpha value is -1.10. The summed E-state index contributed by atoms with van der Waals surface area (Å²) in [5.41, 5.74) is 2.04. The Morgan fingerprint density at radius 1 is 1.45 bits per heavy atom. The van der Waals surface area contributed by atoms with Crippen LogP contribution in [0.15, 0.2) is 0 Å². The van der Waals surface area contributed by atoms with Gasteiger partial charge in [-0.3, -0.25) is 14.8 Å². The van der Waals surface area contributed by atoms with Crippen molar-refractivity contribution in [2.75, 3.05) is 6.54 Å². The molecule has 1 saturated carbocycles. The lowest BCUT2D eigenvalue weighted by molar-refractivity contribution is -0.141. The van der Waals surface area contributed by atoms with E-state index < -0.39 is 5.91 Å². The van der Waals surface area contributed by atoms with E-state index in [-0.39, 0.29) is 24.3 Å². The molecule has 2 fully saturated rings. The maximum absolute atomic E-state index is 12.7. The van der Waals surface area contributed by atoms with E-state index in [1.54, 1.807) is 5.48 Å². The third-order valence-electron chi connectivity index (χ3n) is 4.82. The van der Waals surface area contributed by atoms with Gasteiger partial charge in [0, 0.05) is 24.9 Å². The molecule has 1 heterocycles. The number of nitrogens with one attached hydrogen (secondary N) is 1. The second-order valence-corrected chi connectivity index (χ2v) is 6.60. The van der Waals surface area contributed by atoms with Crippen molar-refractivity contribution in [2.45, 2.75) is 64.8 Å². The van der Waals surface area contributed by atoms with Crippen molar-refractivity contribution in [2.24, 2.45) is 11.3 Å². The number of carbonyl (C=O) groups excluding carboxylic acids is 2. The smallest absolute Gasteiger partial charge is 0.244 e. The second kappa shape index (κ2) is 6.12. The van der Waals surface area contributed by atoms with Gasteiger partial charge in [-0.25, -0.2) is 5.48 Å². The predicted molar refractivity (Wildman–Crippen MR) is 75.0 cm³/mol. The van der Waals surface area contributed by atoms with Crippen molar-refractivity contribution in [1.29, 1.82) is 0 Å². The van der Waals surface area contributed by atoms with Crippen LogP contribution in [0.5, 0.6) is 0 Å². The van der Waals surface area contributed by atoms with Crippen molar-refractivity contribution in [3.63, 3.8) is 0 Å². The average molecular weight is 282 g/mol. The fourth-order valence-corrected chi connectivity index (χ4v) is 3.42. The van der Waals surface area contributed by atoms with Crippen molar-refractivity contribution in [1.82, 2.24) is 10.4 Å². The number of amides is 2. The van der Waals surface area contributed by atoms with Gasteiger partial charge in [0.05, 0.1) is 0 Å². The summed E-state index contributed by atoms with van der Waals surface area (Å²) in [5.74, 6) is -0.663. The quantitative estimate of drug-likeness (QED) is 0.579. The maximum Gasteiger partial charge on any atom is 0.244 e. The summed E-state index contributed by atoms with van der Waals surface area (Å²) in [4.78, 5) is 26.1. The summed E-state index contributed by atoms with van der Waals surface area (Å²) >= 11 is 0. The Bertz CT molecular complexity index is 379. The zero-order valence-corrected chi connectivity index (χ0v) is 12.5. The van der Waals surface area contributed by atoms with Gasteiger partial charge in [0.25, 0.3) is 0 Å². The summed E-state index contributed by atoms with van der Waals surface area (Å²) in [6.07, 6.45) is 6.32. The molecule has 1 saturated heterocycles. The van der Waals surface area contributed by atoms with Crippen LogP contribution in [0, 0.1) is 11.3 Å². The highest BCUT2D eigenvalue weighted by Gasteiger charge is 2.52. The highest BCUT2D eigenvalue weighted by Crippen LogP contribution is 2.54. The first-order valence-corrected chi connectivity index (χ1v) is 7.75. The second-order valence-electron chi connectivity index (χ2n) is 6.60. The minimum atomic E-state index is -0.465. The van der Waals surface area contributed by atoms with Crippen LogP contribution in [-0.4, -0.2) is 34.5 Å². The molecule has 1 aliphatic carbocycles. The summed E-state index contributed by atoms with van der Waals surface area (Å²) in [5, 5.41) is 8.68. The fraction of sp³-hybridized carbons (Fsp3) is 0.867. The van der Waals surface area contributed by atoms with Crippen LogP contribution >= 0.6 is 0 Å². The molecule has 2 aliphatic rings. The molecule has 1 aliphatic heterocycles. The van der Waals surface area contributed by atoms with Crippen molar-refractivity contribution in [3.05, 3.63) is 0 Å². The van der Waals surface area contributed by atoms with E-state index >= 15 is 0 Å². The topological polar surface area (TPSA) is 69.6 Å². The van der Waals surface area contributed by atoms with Crippen LogP contribution in [0.1, 0.15) is 58.8 Å².